The second-order valence-electron chi connectivity index (χ2n) is 4.45. The largest absolute Gasteiger partial charge is 0.323 e. The fourth-order valence-corrected chi connectivity index (χ4v) is 2.43. The topological polar surface area (TPSA) is 46.2 Å². The van der Waals surface area contributed by atoms with E-state index in [1.807, 2.05) is 6.07 Å². The summed E-state index contributed by atoms with van der Waals surface area (Å²) in [5.41, 5.74) is 0.501. The molecule has 6 heteroatoms. The van der Waals surface area contributed by atoms with Crippen LogP contribution in [0.4, 0.5) is 14.5 Å². The van der Waals surface area contributed by atoms with E-state index in [-0.39, 0.29) is 23.0 Å². The predicted octanol–water partition coefficient (Wildman–Crippen LogP) is 3.52. The van der Waals surface area contributed by atoms with Crippen molar-refractivity contribution in [2.45, 2.75) is 0 Å². The lowest BCUT2D eigenvalue weighted by Crippen LogP contribution is -2.16. The third-order valence-electron chi connectivity index (χ3n) is 2.77. The van der Waals surface area contributed by atoms with Gasteiger partial charge < -0.3 is 5.32 Å². The molecule has 0 saturated carbocycles. The van der Waals surface area contributed by atoms with Gasteiger partial charge in [-0.3, -0.25) is 9.59 Å². The molecule has 0 aliphatic carbocycles. The van der Waals surface area contributed by atoms with Crippen molar-refractivity contribution in [3.05, 3.63) is 65.7 Å². The molecule has 0 aromatic heterocycles. The number of ketones is 1. The van der Waals surface area contributed by atoms with Gasteiger partial charge in [-0.1, -0.05) is 30.3 Å². The van der Waals surface area contributed by atoms with E-state index in [4.69, 9.17) is 0 Å². The Morgan fingerprint density at radius 1 is 1.00 bits per heavy atom. The highest BCUT2D eigenvalue weighted by Crippen LogP contribution is 2.15. The maximum Gasteiger partial charge on any atom is 0.234 e. The van der Waals surface area contributed by atoms with Gasteiger partial charge in [0.25, 0.3) is 0 Å². The number of halogens is 2. The van der Waals surface area contributed by atoms with Crippen LogP contribution in [0.2, 0.25) is 0 Å². The van der Waals surface area contributed by atoms with E-state index in [9.17, 15) is 18.4 Å². The molecule has 0 heterocycles. The van der Waals surface area contributed by atoms with Crippen LogP contribution in [0, 0.1) is 11.6 Å². The molecule has 3 nitrogen and oxygen atoms in total. The molecule has 2 aromatic rings. The average molecular weight is 321 g/mol. The SMILES string of the molecule is O=C(CSCC(=O)c1ccccc1)Nc1ccc(F)cc1F. The minimum Gasteiger partial charge on any atom is -0.323 e. The van der Waals surface area contributed by atoms with Crippen LogP contribution in [0.15, 0.2) is 48.5 Å². The first-order valence-corrected chi connectivity index (χ1v) is 7.62. The Kier molecular flexibility index (Phi) is 5.66. The standard InChI is InChI=1S/C16H13F2NO2S/c17-12-6-7-14(13(18)8-12)19-16(21)10-22-9-15(20)11-4-2-1-3-5-11/h1-8H,9-10H2,(H,19,21). The Balaban J connectivity index is 1.80. The van der Waals surface area contributed by atoms with E-state index in [2.05, 4.69) is 5.32 Å². The molecule has 0 aliphatic rings. The summed E-state index contributed by atoms with van der Waals surface area (Å²) in [5.74, 6) is -1.90. The molecular weight excluding hydrogens is 308 g/mol. The Labute approximate surface area is 130 Å². The van der Waals surface area contributed by atoms with Crippen LogP contribution in [-0.2, 0) is 4.79 Å². The number of hydrogen-bond acceptors (Lipinski definition) is 3. The van der Waals surface area contributed by atoms with Gasteiger partial charge in [0.2, 0.25) is 5.91 Å². The van der Waals surface area contributed by atoms with Crippen LogP contribution in [0.5, 0.6) is 0 Å². The molecule has 0 bridgehead atoms. The monoisotopic (exact) mass is 321 g/mol. The molecule has 0 unspecified atom stereocenters. The quantitative estimate of drug-likeness (QED) is 0.828. The van der Waals surface area contributed by atoms with Gasteiger partial charge in [0.15, 0.2) is 5.78 Å². The maximum atomic E-state index is 13.4. The first-order chi connectivity index (χ1) is 10.6. The number of hydrogen-bond donors (Lipinski definition) is 1. The van der Waals surface area contributed by atoms with Gasteiger partial charge in [-0.15, -0.1) is 11.8 Å². The van der Waals surface area contributed by atoms with Gasteiger partial charge in [-0.2, -0.15) is 0 Å². The normalized spacial score (nSPS) is 10.3. The number of nitrogens with one attached hydrogen (secondary N) is 1. The molecule has 0 spiro atoms. The van der Waals surface area contributed by atoms with Crippen LogP contribution in [0.3, 0.4) is 0 Å². The molecule has 0 atom stereocenters. The van der Waals surface area contributed by atoms with Gasteiger partial charge in [-0.05, 0) is 12.1 Å². The summed E-state index contributed by atoms with van der Waals surface area (Å²) >= 11 is 1.13. The lowest BCUT2D eigenvalue weighted by molar-refractivity contribution is -0.113. The second-order valence-corrected chi connectivity index (χ2v) is 5.44. The first kappa shape index (κ1) is 16.2. The zero-order valence-electron chi connectivity index (χ0n) is 11.5. The van der Waals surface area contributed by atoms with Crippen LogP contribution < -0.4 is 5.32 Å². The molecular formula is C16H13F2NO2S. The molecule has 1 amide bonds. The van der Waals surface area contributed by atoms with Gasteiger partial charge in [0.1, 0.15) is 11.6 Å². The van der Waals surface area contributed by atoms with Crippen molar-refractivity contribution in [3.63, 3.8) is 0 Å². The van der Waals surface area contributed by atoms with Crippen molar-refractivity contribution in [3.8, 4) is 0 Å². The third kappa shape index (κ3) is 4.66. The van der Waals surface area contributed by atoms with E-state index in [0.717, 1.165) is 23.9 Å². The van der Waals surface area contributed by atoms with E-state index >= 15 is 0 Å². The van der Waals surface area contributed by atoms with Crippen molar-refractivity contribution in [2.24, 2.45) is 0 Å². The zero-order chi connectivity index (χ0) is 15.9. The number of amides is 1. The highest BCUT2D eigenvalue weighted by Gasteiger charge is 2.10. The minimum atomic E-state index is -0.835. The second kappa shape index (κ2) is 7.70. The number of anilines is 1. The molecule has 0 fully saturated rings. The minimum absolute atomic E-state index is 0.00932. The van der Waals surface area contributed by atoms with Crippen LogP contribution in [-0.4, -0.2) is 23.2 Å². The van der Waals surface area contributed by atoms with Crippen LogP contribution >= 0.6 is 11.8 Å². The van der Waals surface area contributed by atoms with Crippen molar-refractivity contribution >= 4 is 29.1 Å². The highest BCUT2D eigenvalue weighted by molar-refractivity contribution is 8.00. The van der Waals surface area contributed by atoms with Crippen molar-refractivity contribution in [1.82, 2.24) is 0 Å². The Hall–Kier alpha value is -2.21. The van der Waals surface area contributed by atoms with E-state index in [0.29, 0.717) is 11.6 Å². The Morgan fingerprint density at radius 3 is 2.41 bits per heavy atom. The molecule has 2 aromatic carbocycles. The maximum absolute atomic E-state index is 13.4. The number of Topliss-reactive ketones (excluding diaryl/α,β-unsaturated/α-hetero) is 1. The van der Waals surface area contributed by atoms with E-state index < -0.39 is 17.5 Å². The van der Waals surface area contributed by atoms with Crippen LogP contribution in [0.25, 0.3) is 0 Å². The lowest BCUT2D eigenvalue weighted by Gasteiger charge is -2.06. The number of thioether (sulfide) groups is 1. The van der Waals surface area contributed by atoms with Gasteiger partial charge in [0, 0.05) is 11.6 Å². The average Bonchev–Trinajstić information content (AvgIpc) is 2.51. The van der Waals surface area contributed by atoms with Gasteiger partial charge in [-0.25, -0.2) is 8.78 Å². The van der Waals surface area contributed by atoms with Crippen LogP contribution in [0.1, 0.15) is 10.4 Å². The Bertz CT molecular complexity index is 677. The molecule has 114 valence electrons. The Morgan fingerprint density at radius 2 is 1.73 bits per heavy atom. The van der Waals surface area contributed by atoms with E-state index in [1.54, 1.807) is 24.3 Å². The summed E-state index contributed by atoms with van der Waals surface area (Å²) in [6.07, 6.45) is 0. The molecule has 2 rings (SSSR count). The summed E-state index contributed by atoms with van der Waals surface area (Å²) in [6.45, 7) is 0. The number of carbonyl (C=O) groups is 2. The van der Waals surface area contributed by atoms with Gasteiger partial charge >= 0.3 is 0 Å². The molecule has 0 radical (unpaired) electrons. The number of carbonyl (C=O) groups excluding carboxylic acids is 2. The zero-order valence-corrected chi connectivity index (χ0v) is 12.3. The molecule has 22 heavy (non-hydrogen) atoms. The third-order valence-corrected chi connectivity index (χ3v) is 3.70. The molecule has 1 N–H and O–H groups in total. The summed E-state index contributed by atoms with van der Waals surface area (Å²) < 4.78 is 26.1. The number of rotatable bonds is 6. The summed E-state index contributed by atoms with van der Waals surface area (Å²) in [5, 5.41) is 2.34. The lowest BCUT2D eigenvalue weighted by atomic mass is 10.2. The molecule has 0 aliphatic heterocycles. The van der Waals surface area contributed by atoms with Crippen molar-refractivity contribution in [1.29, 1.82) is 0 Å². The fraction of sp³-hybridized carbons (Fsp3) is 0.125. The predicted molar refractivity (Wildman–Crippen MR) is 83.1 cm³/mol. The summed E-state index contributed by atoms with van der Waals surface area (Å²) in [7, 11) is 0. The summed E-state index contributed by atoms with van der Waals surface area (Å²) in [4.78, 5) is 23.5. The van der Waals surface area contributed by atoms with E-state index in [1.165, 1.54) is 0 Å². The first-order valence-electron chi connectivity index (χ1n) is 6.47. The fourth-order valence-electron chi connectivity index (χ4n) is 1.72. The molecule has 0 saturated heterocycles. The van der Waals surface area contributed by atoms with Crippen molar-refractivity contribution in [2.75, 3.05) is 16.8 Å². The highest BCUT2D eigenvalue weighted by atomic mass is 32.2. The number of benzene rings is 2. The van der Waals surface area contributed by atoms with Gasteiger partial charge in [0.05, 0.1) is 17.2 Å². The summed E-state index contributed by atoms with van der Waals surface area (Å²) in [6, 6.07) is 11.7. The smallest absolute Gasteiger partial charge is 0.234 e. The van der Waals surface area contributed by atoms with Crippen molar-refractivity contribution < 1.29 is 18.4 Å².